The Balaban J connectivity index is 1.42. The van der Waals surface area contributed by atoms with Crippen LogP contribution in [-0.4, -0.2) is 37.6 Å². The van der Waals surface area contributed by atoms with E-state index in [1.807, 2.05) is 53.4 Å². The van der Waals surface area contributed by atoms with E-state index in [2.05, 4.69) is 42.2 Å². The van der Waals surface area contributed by atoms with Gasteiger partial charge in [-0.05, 0) is 81.1 Å². The Morgan fingerprint density at radius 1 is 1.03 bits per heavy atom. The monoisotopic (exact) mass is 476 g/mol. The highest BCUT2D eigenvalue weighted by atomic mass is 35.5. The molecular formula is C29H33ClN2O2. The summed E-state index contributed by atoms with van der Waals surface area (Å²) in [5.74, 6) is 1.20. The van der Waals surface area contributed by atoms with Gasteiger partial charge in [-0.2, -0.15) is 0 Å². The lowest BCUT2D eigenvalue weighted by molar-refractivity contribution is 0.0981. The number of nitrogens with zero attached hydrogens (tertiary/aromatic N) is 2. The number of likely N-dealkylation sites (tertiary alicyclic amines) is 1. The first kappa shape index (κ1) is 24.3. The number of hydrogen-bond donors (Lipinski definition) is 0. The van der Waals surface area contributed by atoms with Gasteiger partial charge in [-0.25, -0.2) is 0 Å². The van der Waals surface area contributed by atoms with E-state index in [0.717, 1.165) is 38.0 Å². The molecule has 34 heavy (non-hydrogen) atoms. The summed E-state index contributed by atoms with van der Waals surface area (Å²) in [6, 6.07) is 26.2. The van der Waals surface area contributed by atoms with Crippen LogP contribution in [0.15, 0.2) is 78.9 Å². The Kier molecular flexibility index (Phi) is 8.25. The summed E-state index contributed by atoms with van der Waals surface area (Å²) in [6.45, 7) is 5.13. The molecule has 0 aliphatic carbocycles. The fourth-order valence-electron chi connectivity index (χ4n) is 4.79. The number of anilines is 1. The zero-order chi connectivity index (χ0) is 23.9. The lowest BCUT2D eigenvalue weighted by Crippen LogP contribution is -2.38. The van der Waals surface area contributed by atoms with Gasteiger partial charge in [0.25, 0.3) is 5.91 Å². The summed E-state index contributed by atoms with van der Waals surface area (Å²) in [6.07, 6.45) is 3.26. The molecule has 0 aromatic heterocycles. The predicted molar refractivity (Wildman–Crippen MR) is 140 cm³/mol. The summed E-state index contributed by atoms with van der Waals surface area (Å²) in [4.78, 5) is 17.9. The minimum absolute atomic E-state index is 0.00281. The average Bonchev–Trinajstić information content (AvgIpc) is 2.90. The number of methoxy groups -OCH3 is 1. The van der Waals surface area contributed by atoms with Gasteiger partial charge in [0.15, 0.2) is 0 Å². The van der Waals surface area contributed by atoms with Crippen molar-refractivity contribution in [3.8, 4) is 5.75 Å². The van der Waals surface area contributed by atoms with E-state index in [1.54, 1.807) is 7.11 Å². The van der Waals surface area contributed by atoms with E-state index in [0.29, 0.717) is 34.8 Å². The fourth-order valence-corrected chi connectivity index (χ4v) is 5.04. The summed E-state index contributed by atoms with van der Waals surface area (Å²) in [7, 11) is 1.60. The number of halogens is 1. The normalized spacial score (nSPS) is 15.6. The summed E-state index contributed by atoms with van der Waals surface area (Å²) in [5.41, 5.74) is 2.85. The quantitative estimate of drug-likeness (QED) is 0.356. The molecule has 4 rings (SSSR count). The lowest BCUT2D eigenvalue weighted by Gasteiger charge is -2.37. The number of amides is 1. The first-order valence-electron chi connectivity index (χ1n) is 12.1. The van der Waals surface area contributed by atoms with Crippen molar-refractivity contribution in [3.63, 3.8) is 0 Å². The first-order valence-corrected chi connectivity index (χ1v) is 12.4. The van der Waals surface area contributed by atoms with Crippen molar-refractivity contribution in [2.24, 2.45) is 5.92 Å². The third-order valence-electron chi connectivity index (χ3n) is 6.95. The van der Waals surface area contributed by atoms with E-state index in [-0.39, 0.29) is 5.91 Å². The van der Waals surface area contributed by atoms with Crippen LogP contribution in [0.2, 0.25) is 5.02 Å². The van der Waals surface area contributed by atoms with Crippen molar-refractivity contribution in [1.29, 1.82) is 0 Å². The molecule has 3 aromatic carbocycles. The van der Waals surface area contributed by atoms with Crippen molar-refractivity contribution in [3.05, 3.63) is 95.0 Å². The molecule has 0 saturated carbocycles. The van der Waals surface area contributed by atoms with Crippen LogP contribution in [-0.2, 0) is 0 Å². The van der Waals surface area contributed by atoms with Gasteiger partial charge < -0.3 is 9.64 Å². The Bertz CT molecular complexity index is 1070. The number of rotatable bonds is 8. The smallest absolute Gasteiger partial charge is 0.258 e. The van der Waals surface area contributed by atoms with E-state index >= 15 is 0 Å². The first-order chi connectivity index (χ1) is 16.6. The molecule has 4 nitrogen and oxygen atoms in total. The highest BCUT2D eigenvalue weighted by Gasteiger charge is 2.25. The summed E-state index contributed by atoms with van der Waals surface area (Å²) < 4.78 is 5.30. The molecular weight excluding hydrogens is 444 g/mol. The standard InChI is InChI=1S/C29H33ClN2O2/c1-22(24-9-5-3-6-10-24)31-18-15-23(16-19-31)17-20-32(29(33)25-11-7-4-8-12-25)26-13-14-28(34-2)27(30)21-26/h3-14,21-23H,15-20H2,1-2H3. The third kappa shape index (κ3) is 5.81. The highest BCUT2D eigenvalue weighted by molar-refractivity contribution is 6.32. The average molecular weight is 477 g/mol. The predicted octanol–water partition coefficient (Wildman–Crippen LogP) is 6.86. The minimum atomic E-state index is -0.00281. The summed E-state index contributed by atoms with van der Waals surface area (Å²) >= 11 is 6.40. The van der Waals surface area contributed by atoms with Crippen LogP contribution < -0.4 is 9.64 Å². The Morgan fingerprint density at radius 3 is 2.29 bits per heavy atom. The Morgan fingerprint density at radius 2 is 1.68 bits per heavy atom. The van der Waals surface area contributed by atoms with Crippen LogP contribution >= 0.6 is 11.6 Å². The molecule has 1 aliphatic rings. The molecule has 5 heteroatoms. The van der Waals surface area contributed by atoms with Crippen molar-refractivity contribution in [2.75, 3.05) is 31.6 Å². The second-order valence-electron chi connectivity index (χ2n) is 9.00. The molecule has 0 bridgehead atoms. The molecule has 3 aromatic rings. The molecule has 0 spiro atoms. The van der Waals surface area contributed by atoms with Crippen LogP contribution in [0.5, 0.6) is 5.75 Å². The molecule has 178 valence electrons. The molecule has 1 unspecified atom stereocenters. The van der Waals surface area contributed by atoms with Gasteiger partial charge in [0.05, 0.1) is 12.1 Å². The van der Waals surface area contributed by atoms with Crippen molar-refractivity contribution >= 4 is 23.2 Å². The topological polar surface area (TPSA) is 32.8 Å². The number of benzene rings is 3. The molecule has 1 heterocycles. The van der Waals surface area contributed by atoms with E-state index < -0.39 is 0 Å². The molecule has 1 aliphatic heterocycles. The van der Waals surface area contributed by atoms with Crippen molar-refractivity contribution in [2.45, 2.75) is 32.2 Å². The van der Waals surface area contributed by atoms with Gasteiger partial charge in [0, 0.05) is 23.8 Å². The van der Waals surface area contributed by atoms with Gasteiger partial charge in [-0.15, -0.1) is 0 Å². The van der Waals surface area contributed by atoms with Crippen LogP contribution in [0.3, 0.4) is 0 Å². The molecule has 1 saturated heterocycles. The molecule has 1 amide bonds. The lowest BCUT2D eigenvalue weighted by atomic mass is 9.91. The Hall–Kier alpha value is -2.82. The van der Waals surface area contributed by atoms with Crippen LogP contribution in [0.25, 0.3) is 0 Å². The zero-order valence-corrected chi connectivity index (χ0v) is 20.7. The van der Waals surface area contributed by atoms with E-state index in [1.165, 1.54) is 5.56 Å². The maximum atomic E-state index is 13.4. The summed E-state index contributed by atoms with van der Waals surface area (Å²) in [5, 5.41) is 0.508. The molecule has 1 fully saturated rings. The van der Waals surface area contributed by atoms with Crippen LogP contribution in [0.1, 0.15) is 48.1 Å². The molecule has 0 radical (unpaired) electrons. The maximum Gasteiger partial charge on any atom is 0.258 e. The van der Waals surface area contributed by atoms with Gasteiger partial charge in [-0.1, -0.05) is 60.1 Å². The zero-order valence-electron chi connectivity index (χ0n) is 20.0. The van der Waals surface area contributed by atoms with Crippen LogP contribution in [0, 0.1) is 5.92 Å². The number of carbonyl (C=O) groups excluding carboxylic acids is 1. The van der Waals surface area contributed by atoms with Gasteiger partial charge in [-0.3, -0.25) is 9.69 Å². The highest BCUT2D eigenvalue weighted by Crippen LogP contribution is 2.32. The third-order valence-corrected chi connectivity index (χ3v) is 7.25. The van der Waals surface area contributed by atoms with Gasteiger partial charge in [0.2, 0.25) is 0 Å². The van der Waals surface area contributed by atoms with Crippen molar-refractivity contribution < 1.29 is 9.53 Å². The van der Waals surface area contributed by atoms with Gasteiger partial charge in [0.1, 0.15) is 5.75 Å². The Labute approximate surface area is 208 Å². The number of hydrogen-bond acceptors (Lipinski definition) is 3. The second-order valence-corrected chi connectivity index (χ2v) is 9.40. The van der Waals surface area contributed by atoms with Crippen molar-refractivity contribution in [1.82, 2.24) is 4.90 Å². The van der Waals surface area contributed by atoms with Gasteiger partial charge >= 0.3 is 0 Å². The van der Waals surface area contributed by atoms with E-state index in [9.17, 15) is 4.79 Å². The van der Waals surface area contributed by atoms with E-state index in [4.69, 9.17) is 16.3 Å². The SMILES string of the molecule is COc1ccc(N(CCC2CCN(C(C)c3ccccc3)CC2)C(=O)c2ccccc2)cc1Cl. The molecule has 0 N–H and O–H groups in total. The number of ether oxygens (including phenoxy) is 1. The largest absolute Gasteiger partial charge is 0.495 e. The van der Waals surface area contributed by atoms with Crippen LogP contribution in [0.4, 0.5) is 5.69 Å². The molecule has 1 atom stereocenters. The number of carbonyl (C=O) groups is 1. The minimum Gasteiger partial charge on any atom is -0.495 e. The fraction of sp³-hybridized carbons (Fsp3) is 0.345. The number of piperidine rings is 1. The second kappa shape index (κ2) is 11.5. The maximum absolute atomic E-state index is 13.4.